The number of benzene rings is 2. The van der Waals surface area contributed by atoms with Gasteiger partial charge >= 0.3 is 0 Å². The van der Waals surface area contributed by atoms with Crippen LogP contribution in [0, 0.1) is 11.8 Å². The van der Waals surface area contributed by atoms with Crippen LogP contribution in [-0.2, 0) is 4.79 Å². The summed E-state index contributed by atoms with van der Waals surface area (Å²) < 4.78 is 0. The monoisotopic (exact) mass is 388 g/mol. The average Bonchev–Trinajstić information content (AvgIpc) is 2.69. The minimum Gasteiger partial charge on any atom is -0.326 e. The van der Waals surface area contributed by atoms with Gasteiger partial charge in [0.25, 0.3) is 0 Å². The lowest BCUT2D eigenvalue weighted by Gasteiger charge is -2.43. The number of piperidine rings is 3. The van der Waals surface area contributed by atoms with E-state index in [0.717, 1.165) is 12.2 Å². The summed E-state index contributed by atoms with van der Waals surface area (Å²) in [5.74, 6) is 0.909. The number of fused-ring (bicyclic) bond motifs is 3. The zero-order valence-corrected chi connectivity index (χ0v) is 16.6. The number of rotatable bonds is 4. The van der Waals surface area contributed by atoms with Crippen molar-refractivity contribution < 1.29 is 4.79 Å². The molecule has 26 heavy (non-hydrogen) atoms. The fourth-order valence-corrected chi connectivity index (χ4v) is 4.43. The van der Waals surface area contributed by atoms with Crippen LogP contribution in [0.15, 0.2) is 53.4 Å². The van der Waals surface area contributed by atoms with E-state index in [2.05, 4.69) is 52.9 Å². The molecular formula is C21H25ClN2OS. The summed E-state index contributed by atoms with van der Waals surface area (Å²) in [6.45, 7) is 3.26. The second-order valence-corrected chi connectivity index (χ2v) is 7.92. The van der Waals surface area contributed by atoms with Gasteiger partial charge in [-0.1, -0.05) is 24.3 Å². The van der Waals surface area contributed by atoms with E-state index in [-0.39, 0.29) is 24.2 Å². The summed E-state index contributed by atoms with van der Waals surface area (Å²) in [6.07, 6.45) is 4.42. The Morgan fingerprint density at radius 2 is 1.58 bits per heavy atom. The minimum absolute atomic E-state index is 0. The normalized spacial score (nSPS) is 24.0. The van der Waals surface area contributed by atoms with Gasteiger partial charge in [-0.2, -0.15) is 0 Å². The molecule has 5 rings (SSSR count). The van der Waals surface area contributed by atoms with Gasteiger partial charge in [-0.3, -0.25) is 4.79 Å². The second-order valence-electron chi connectivity index (χ2n) is 7.04. The number of halogens is 1. The lowest BCUT2D eigenvalue weighted by molar-refractivity contribution is -0.125. The van der Waals surface area contributed by atoms with Gasteiger partial charge in [0.2, 0.25) is 5.91 Å². The molecule has 1 unspecified atom stereocenters. The van der Waals surface area contributed by atoms with Crippen molar-refractivity contribution in [3.8, 4) is 11.1 Å². The summed E-state index contributed by atoms with van der Waals surface area (Å²) in [7, 11) is 0. The molecule has 1 amide bonds. The topological polar surface area (TPSA) is 32.3 Å². The highest BCUT2D eigenvalue weighted by Gasteiger charge is 2.38. The van der Waals surface area contributed by atoms with Crippen LogP contribution >= 0.6 is 24.2 Å². The first-order valence-corrected chi connectivity index (χ1v) is 10.2. The molecule has 0 spiro atoms. The fourth-order valence-electron chi connectivity index (χ4n) is 4.03. The molecule has 138 valence electrons. The summed E-state index contributed by atoms with van der Waals surface area (Å²) in [5, 5.41) is 3.12. The van der Waals surface area contributed by atoms with Crippen LogP contribution in [0.2, 0.25) is 0 Å². The first kappa shape index (κ1) is 19.3. The number of thioether (sulfide) groups is 1. The van der Waals surface area contributed by atoms with Crippen LogP contribution in [0.4, 0.5) is 5.69 Å². The van der Waals surface area contributed by atoms with Gasteiger partial charge in [0, 0.05) is 17.1 Å². The molecule has 1 N–H and O–H groups in total. The molecule has 1 atom stereocenters. The van der Waals surface area contributed by atoms with Crippen molar-refractivity contribution in [3.63, 3.8) is 0 Å². The predicted octanol–water partition coefficient (Wildman–Crippen LogP) is 4.78. The van der Waals surface area contributed by atoms with Crippen molar-refractivity contribution in [2.24, 2.45) is 11.8 Å². The van der Waals surface area contributed by atoms with Crippen molar-refractivity contribution in [2.75, 3.05) is 31.2 Å². The molecule has 0 aromatic heterocycles. The Bertz CT molecular complexity index is 740. The molecule has 3 heterocycles. The first-order valence-electron chi connectivity index (χ1n) is 9.00. The van der Waals surface area contributed by atoms with Gasteiger partial charge in [-0.05, 0) is 73.5 Å². The molecule has 0 saturated carbocycles. The van der Waals surface area contributed by atoms with Crippen LogP contribution in [0.1, 0.15) is 12.8 Å². The zero-order valence-electron chi connectivity index (χ0n) is 15.0. The number of hydrogen-bond donors (Lipinski definition) is 1. The van der Waals surface area contributed by atoms with E-state index in [1.807, 2.05) is 12.1 Å². The van der Waals surface area contributed by atoms with E-state index < -0.39 is 0 Å². The third-order valence-electron chi connectivity index (χ3n) is 5.57. The maximum absolute atomic E-state index is 12.6. The number of carbonyl (C=O) groups is 1. The fraction of sp³-hybridized carbons (Fsp3) is 0.381. The third kappa shape index (κ3) is 4.08. The SMILES string of the molecule is CSc1ccc(-c2ccc(NC(=O)C3CN4CCC3CC4)cc2)cc1.Cl. The number of hydrogen-bond acceptors (Lipinski definition) is 3. The van der Waals surface area contributed by atoms with E-state index >= 15 is 0 Å². The Labute approximate surface area is 166 Å². The maximum atomic E-state index is 12.6. The Kier molecular flexibility index (Phi) is 6.28. The highest BCUT2D eigenvalue weighted by Crippen LogP contribution is 2.33. The van der Waals surface area contributed by atoms with Crippen LogP contribution in [0.3, 0.4) is 0 Å². The zero-order chi connectivity index (χ0) is 17.2. The maximum Gasteiger partial charge on any atom is 0.229 e. The van der Waals surface area contributed by atoms with Crippen molar-refractivity contribution >= 4 is 35.8 Å². The molecule has 5 heteroatoms. The molecule has 2 aromatic carbocycles. The molecule has 3 fully saturated rings. The van der Waals surface area contributed by atoms with Gasteiger partial charge in [-0.15, -0.1) is 24.2 Å². The highest BCUT2D eigenvalue weighted by atomic mass is 35.5. The number of nitrogens with zero attached hydrogens (tertiary/aromatic N) is 1. The van der Waals surface area contributed by atoms with Gasteiger partial charge < -0.3 is 10.2 Å². The smallest absolute Gasteiger partial charge is 0.229 e. The van der Waals surface area contributed by atoms with E-state index in [1.165, 1.54) is 42.0 Å². The van der Waals surface area contributed by atoms with Crippen LogP contribution in [0.5, 0.6) is 0 Å². The van der Waals surface area contributed by atoms with E-state index in [4.69, 9.17) is 0 Å². The Morgan fingerprint density at radius 3 is 2.08 bits per heavy atom. The van der Waals surface area contributed by atoms with Gasteiger partial charge in [0.1, 0.15) is 0 Å². The molecule has 0 aliphatic carbocycles. The summed E-state index contributed by atoms with van der Waals surface area (Å²) in [5.41, 5.74) is 3.27. The number of carbonyl (C=O) groups excluding carboxylic acids is 1. The number of anilines is 1. The van der Waals surface area contributed by atoms with Crippen LogP contribution < -0.4 is 5.32 Å². The molecule has 3 saturated heterocycles. The Morgan fingerprint density at radius 1 is 1.00 bits per heavy atom. The Balaban J connectivity index is 0.00000196. The summed E-state index contributed by atoms with van der Waals surface area (Å²) >= 11 is 1.75. The van der Waals surface area contributed by atoms with Crippen LogP contribution in [-0.4, -0.2) is 36.7 Å². The number of amides is 1. The standard InChI is InChI=1S/C21H24N2OS.ClH/c1-25-19-8-4-16(5-9-19)15-2-6-18(7-3-15)22-21(24)20-14-23-12-10-17(20)11-13-23;/h2-9,17,20H,10-14H2,1H3,(H,22,24);1H. The van der Waals surface area contributed by atoms with E-state index in [1.54, 1.807) is 11.8 Å². The highest BCUT2D eigenvalue weighted by molar-refractivity contribution is 7.98. The molecule has 2 aromatic rings. The average molecular weight is 389 g/mol. The lowest BCUT2D eigenvalue weighted by atomic mass is 9.78. The minimum atomic E-state index is 0. The number of nitrogens with one attached hydrogen (secondary N) is 1. The Hall–Kier alpha value is -1.49. The first-order chi connectivity index (χ1) is 12.2. The second kappa shape index (κ2) is 8.47. The van der Waals surface area contributed by atoms with Crippen LogP contribution in [0.25, 0.3) is 11.1 Å². The molecule has 3 aliphatic heterocycles. The van der Waals surface area contributed by atoms with Gasteiger partial charge in [0.05, 0.1) is 5.92 Å². The lowest BCUT2D eigenvalue weighted by Crippen LogP contribution is -2.51. The summed E-state index contributed by atoms with van der Waals surface area (Å²) in [4.78, 5) is 16.3. The van der Waals surface area contributed by atoms with Crippen molar-refractivity contribution in [3.05, 3.63) is 48.5 Å². The molecule has 0 radical (unpaired) electrons. The summed E-state index contributed by atoms with van der Waals surface area (Å²) in [6, 6.07) is 16.8. The third-order valence-corrected chi connectivity index (χ3v) is 6.31. The quantitative estimate of drug-likeness (QED) is 0.765. The molecule has 2 bridgehead atoms. The molecule has 3 nitrogen and oxygen atoms in total. The van der Waals surface area contributed by atoms with Gasteiger partial charge in [0.15, 0.2) is 0 Å². The molecular weight excluding hydrogens is 364 g/mol. The predicted molar refractivity (Wildman–Crippen MR) is 112 cm³/mol. The van der Waals surface area contributed by atoms with Crippen molar-refractivity contribution in [1.29, 1.82) is 0 Å². The van der Waals surface area contributed by atoms with Gasteiger partial charge in [-0.25, -0.2) is 0 Å². The molecule has 3 aliphatic rings. The largest absolute Gasteiger partial charge is 0.326 e. The van der Waals surface area contributed by atoms with Crippen molar-refractivity contribution in [2.45, 2.75) is 17.7 Å². The van der Waals surface area contributed by atoms with E-state index in [0.29, 0.717) is 5.92 Å². The van der Waals surface area contributed by atoms with Crippen molar-refractivity contribution in [1.82, 2.24) is 4.90 Å². The van der Waals surface area contributed by atoms with E-state index in [9.17, 15) is 4.79 Å².